The molecule has 1 saturated heterocycles. The molecule has 3 fully saturated rings. The van der Waals surface area contributed by atoms with Gasteiger partial charge in [-0.05, 0) is 70.5 Å². The number of pyridine rings is 1. The maximum absolute atomic E-state index is 12.6. The number of thioether (sulfide) groups is 1. The van der Waals surface area contributed by atoms with Crippen LogP contribution in [-0.4, -0.2) is 106 Å². The maximum atomic E-state index is 12.6. The molecular weight excluding hydrogens is 609 g/mol. The van der Waals surface area contributed by atoms with E-state index in [2.05, 4.69) is 61.1 Å². The normalized spacial score (nSPS) is 20.9. The van der Waals surface area contributed by atoms with Crippen LogP contribution in [0.1, 0.15) is 44.1 Å². The Bertz CT molecular complexity index is 1620. The fourth-order valence-corrected chi connectivity index (χ4v) is 8.26. The molecule has 0 aromatic carbocycles. The summed E-state index contributed by atoms with van der Waals surface area (Å²) in [5, 5.41) is 6.99. The standard InChI is InChI=1S/C32H42N8O3S2/c1-38(2)21-24-5-7-25(8-6-24)23-43-29-18-31(34-19-26(29)4-3-13-39-14-16-44-17-15-39)36-30-11-12-33-32(37-30)27-20-35-40(22-27)45(41,42)28-9-10-28/h11-12,18-20,22,24-25,28H,5-10,13-17,21,23H2,1-2H3,(H,33,34,36,37). The number of ether oxygens (including phenoxy) is 1. The summed E-state index contributed by atoms with van der Waals surface area (Å²) in [6.45, 7) is 4.67. The van der Waals surface area contributed by atoms with Gasteiger partial charge in [-0.1, -0.05) is 11.8 Å². The quantitative estimate of drug-likeness (QED) is 0.304. The predicted octanol–water partition coefficient (Wildman–Crippen LogP) is 3.97. The zero-order valence-corrected chi connectivity index (χ0v) is 27.7. The lowest BCUT2D eigenvalue weighted by molar-refractivity contribution is 0.166. The zero-order valence-electron chi connectivity index (χ0n) is 26.1. The lowest BCUT2D eigenvalue weighted by atomic mass is 9.82. The van der Waals surface area contributed by atoms with Crippen LogP contribution in [-0.2, 0) is 10.0 Å². The summed E-state index contributed by atoms with van der Waals surface area (Å²) in [7, 11) is 0.835. The van der Waals surface area contributed by atoms with Crippen LogP contribution >= 0.6 is 11.8 Å². The molecule has 3 aliphatic rings. The van der Waals surface area contributed by atoms with E-state index in [-0.39, 0.29) is 5.25 Å². The SMILES string of the molecule is CN(C)CC1CCC(COc2cc(Nc3ccnc(-c4cnn(S(=O)(=O)C5CC5)c4)n3)ncc2C#CCN2CCSCC2)CC1. The van der Waals surface area contributed by atoms with Crippen molar-refractivity contribution in [1.29, 1.82) is 0 Å². The highest BCUT2D eigenvalue weighted by Crippen LogP contribution is 2.32. The molecule has 0 radical (unpaired) electrons. The third-order valence-electron chi connectivity index (χ3n) is 8.50. The van der Waals surface area contributed by atoms with Gasteiger partial charge in [-0.3, -0.25) is 4.90 Å². The van der Waals surface area contributed by atoms with Gasteiger partial charge in [-0.2, -0.15) is 20.9 Å². The molecule has 45 heavy (non-hydrogen) atoms. The topological polar surface area (TPSA) is 118 Å². The Hall–Kier alpha value is -3.18. The first-order valence-electron chi connectivity index (χ1n) is 15.8. The zero-order chi connectivity index (χ0) is 31.2. The number of nitrogens with one attached hydrogen (secondary N) is 1. The van der Waals surface area contributed by atoms with E-state index in [0.29, 0.717) is 54.1 Å². The van der Waals surface area contributed by atoms with Gasteiger partial charge in [-0.15, -0.1) is 0 Å². The Morgan fingerprint density at radius 1 is 1.04 bits per heavy atom. The van der Waals surface area contributed by atoms with Crippen molar-refractivity contribution in [2.24, 2.45) is 11.8 Å². The monoisotopic (exact) mass is 650 g/mol. The smallest absolute Gasteiger partial charge is 0.256 e. The van der Waals surface area contributed by atoms with Crippen molar-refractivity contribution in [3.63, 3.8) is 0 Å². The van der Waals surface area contributed by atoms with Crippen LogP contribution in [0, 0.1) is 23.7 Å². The maximum Gasteiger partial charge on any atom is 0.256 e. The first kappa shape index (κ1) is 31.8. The third-order valence-corrected chi connectivity index (χ3v) is 11.5. The van der Waals surface area contributed by atoms with Crippen LogP contribution < -0.4 is 10.1 Å². The molecule has 0 bridgehead atoms. The van der Waals surface area contributed by atoms with Gasteiger partial charge in [0.25, 0.3) is 10.0 Å². The van der Waals surface area contributed by atoms with Gasteiger partial charge >= 0.3 is 0 Å². The Balaban J connectivity index is 1.15. The first-order chi connectivity index (χ1) is 21.8. The number of aromatic nitrogens is 5. The van der Waals surface area contributed by atoms with Gasteiger partial charge in [0.15, 0.2) is 5.82 Å². The Kier molecular flexibility index (Phi) is 10.2. The fraction of sp³-hybridized carbons (Fsp3) is 0.562. The summed E-state index contributed by atoms with van der Waals surface area (Å²) in [5.41, 5.74) is 1.30. The van der Waals surface area contributed by atoms with Gasteiger partial charge in [0.2, 0.25) is 0 Å². The summed E-state index contributed by atoms with van der Waals surface area (Å²) in [6, 6.07) is 3.63. The molecule has 11 nitrogen and oxygen atoms in total. The average Bonchev–Trinajstić information content (AvgIpc) is 3.79. The van der Waals surface area contributed by atoms with Crippen molar-refractivity contribution < 1.29 is 13.2 Å². The fourth-order valence-electron chi connectivity index (χ4n) is 5.81. The van der Waals surface area contributed by atoms with Gasteiger partial charge in [0.1, 0.15) is 17.4 Å². The van der Waals surface area contributed by atoms with Crippen molar-refractivity contribution in [3.8, 4) is 29.0 Å². The average molecular weight is 651 g/mol. The molecule has 13 heteroatoms. The lowest BCUT2D eigenvalue weighted by Crippen LogP contribution is -2.32. The van der Waals surface area contributed by atoms with Crippen LogP contribution in [0.25, 0.3) is 11.4 Å². The minimum absolute atomic E-state index is 0.351. The van der Waals surface area contributed by atoms with Crippen molar-refractivity contribution in [2.45, 2.75) is 43.8 Å². The van der Waals surface area contributed by atoms with Gasteiger partial charge in [0.05, 0.1) is 41.9 Å². The molecule has 3 aromatic heterocycles. The number of nitrogens with zero attached hydrogens (tertiary/aromatic N) is 7. The molecule has 0 amide bonds. The van der Waals surface area contributed by atoms with E-state index in [1.54, 1.807) is 18.5 Å². The van der Waals surface area contributed by atoms with E-state index in [4.69, 9.17) is 4.74 Å². The number of anilines is 2. The van der Waals surface area contributed by atoms with Gasteiger partial charge in [-0.25, -0.2) is 23.4 Å². The van der Waals surface area contributed by atoms with Gasteiger partial charge < -0.3 is 15.0 Å². The van der Waals surface area contributed by atoms with E-state index in [9.17, 15) is 8.42 Å². The van der Waals surface area contributed by atoms with Crippen molar-refractivity contribution in [1.82, 2.24) is 33.9 Å². The van der Waals surface area contributed by atoms with Gasteiger partial charge in [0, 0.05) is 49.6 Å². The molecular formula is C32H42N8O3S2. The number of hydrogen-bond acceptors (Lipinski definition) is 11. The summed E-state index contributed by atoms with van der Waals surface area (Å²) in [6.07, 6.45) is 12.5. The summed E-state index contributed by atoms with van der Waals surface area (Å²) in [5.74, 6) is 12.4. The van der Waals surface area contributed by atoms with Crippen molar-refractivity contribution >= 4 is 33.4 Å². The van der Waals surface area contributed by atoms with E-state index in [1.165, 1.54) is 38.1 Å². The second-order valence-corrected chi connectivity index (χ2v) is 15.7. The predicted molar refractivity (Wildman–Crippen MR) is 178 cm³/mol. The molecule has 0 spiro atoms. The Morgan fingerprint density at radius 2 is 1.82 bits per heavy atom. The second-order valence-electron chi connectivity index (χ2n) is 12.5. The second kappa shape index (κ2) is 14.5. The van der Waals surface area contributed by atoms with Crippen LogP contribution in [0.2, 0.25) is 0 Å². The van der Waals surface area contributed by atoms with E-state index in [0.717, 1.165) is 53.3 Å². The molecule has 0 unspecified atom stereocenters. The molecule has 6 rings (SSSR count). The largest absolute Gasteiger partial charge is 0.492 e. The molecule has 0 atom stereocenters. The molecule has 1 N–H and O–H groups in total. The molecule has 240 valence electrons. The van der Waals surface area contributed by atoms with Crippen molar-refractivity contribution in [2.75, 3.05) is 63.7 Å². The summed E-state index contributed by atoms with van der Waals surface area (Å²) in [4.78, 5) is 18.2. The summed E-state index contributed by atoms with van der Waals surface area (Å²) >= 11 is 1.99. The highest BCUT2D eigenvalue weighted by molar-refractivity contribution is 7.99. The van der Waals surface area contributed by atoms with Crippen LogP contribution in [0.15, 0.2) is 36.9 Å². The highest BCUT2D eigenvalue weighted by atomic mass is 32.2. The van der Waals surface area contributed by atoms with Crippen LogP contribution in [0.4, 0.5) is 11.6 Å². The van der Waals surface area contributed by atoms with Crippen LogP contribution in [0.3, 0.4) is 0 Å². The van der Waals surface area contributed by atoms with Crippen LogP contribution in [0.5, 0.6) is 5.75 Å². The molecule has 1 aliphatic heterocycles. The van der Waals surface area contributed by atoms with E-state index >= 15 is 0 Å². The number of hydrogen-bond donors (Lipinski definition) is 1. The molecule has 3 aromatic rings. The van der Waals surface area contributed by atoms with Crippen molar-refractivity contribution in [3.05, 3.63) is 42.5 Å². The van der Waals surface area contributed by atoms with E-state index in [1.807, 2.05) is 17.8 Å². The Labute approximate surface area is 270 Å². The molecule has 4 heterocycles. The highest BCUT2D eigenvalue weighted by Gasteiger charge is 2.37. The number of rotatable bonds is 11. The first-order valence-corrected chi connectivity index (χ1v) is 18.5. The summed E-state index contributed by atoms with van der Waals surface area (Å²) < 4.78 is 32.6. The minimum atomic E-state index is -3.46. The molecule has 2 aliphatic carbocycles. The molecule has 2 saturated carbocycles. The Morgan fingerprint density at radius 3 is 2.58 bits per heavy atom. The lowest BCUT2D eigenvalue weighted by Gasteiger charge is -2.30. The van der Waals surface area contributed by atoms with E-state index < -0.39 is 10.0 Å². The third kappa shape index (κ3) is 8.55. The minimum Gasteiger partial charge on any atom is -0.492 e.